The van der Waals surface area contributed by atoms with Crippen molar-refractivity contribution in [3.63, 3.8) is 0 Å². The first-order valence-corrected chi connectivity index (χ1v) is 16.1. The molecule has 44 heavy (non-hydrogen) atoms. The van der Waals surface area contributed by atoms with Gasteiger partial charge in [-0.1, -0.05) is 18.1 Å². The van der Waals surface area contributed by atoms with Crippen LogP contribution >= 0.6 is 0 Å². The Labute approximate surface area is 252 Å². The van der Waals surface area contributed by atoms with Crippen LogP contribution in [0.3, 0.4) is 0 Å². The summed E-state index contributed by atoms with van der Waals surface area (Å²) in [5, 5.41) is 13.4. The Morgan fingerprint density at radius 1 is 1.20 bits per heavy atom. The number of sulfone groups is 1. The molecular weight excluding hydrogens is 590 g/mol. The monoisotopic (exact) mass is 618 g/mol. The predicted octanol–water partition coefficient (Wildman–Crippen LogP) is 3.12. The third kappa shape index (κ3) is 4.04. The summed E-state index contributed by atoms with van der Waals surface area (Å²) < 4.78 is 62.2. The summed E-state index contributed by atoms with van der Waals surface area (Å²) in [5.41, 5.74) is 0.187. The molecule has 10 nitrogen and oxygen atoms in total. The van der Waals surface area contributed by atoms with E-state index < -0.39 is 38.1 Å². The van der Waals surface area contributed by atoms with Crippen molar-refractivity contribution < 1.29 is 27.0 Å². The zero-order valence-corrected chi connectivity index (χ0v) is 24.3. The van der Waals surface area contributed by atoms with Gasteiger partial charge in [-0.05, 0) is 43.0 Å². The third-order valence-corrected chi connectivity index (χ3v) is 11.6. The van der Waals surface area contributed by atoms with E-state index >= 15 is 4.39 Å². The summed E-state index contributed by atoms with van der Waals surface area (Å²) in [6.07, 6.45) is 8.32. The lowest BCUT2D eigenvalue weighted by molar-refractivity contribution is 0.107. The Kier molecular flexibility index (Phi) is 6.04. The number of pyridine rings is 1. The fourth-order valence-electron chi connectivity index (χ4n) is 7.37. The number of alkyl halides is 1. The first kappa shape index (κ1) is 27.4. The highest BCUT2D eigenvalue weighted by molar-refractivity contribution is 7.94. The van der Waals surface area contributed by atoms with Gasteiger partial charge in [0.1, 0.15) is 46.3 Å². The van der Waals surface area contributed by atoms with Gasteiger partial charge in [-0.15, -0.1) is 6.42 Å². The van der Waals surface area contributed by atoms with Crippen molar-refractivity contribution in [2.45, 2.75) is 41.7 Å². The van der Waals surface area contributed by atoms with Crippen LogP contribution in [0.15, 0.2) is 36.5 Å². The van der Waals surface area contributed by atoms with Crippen molar-refractivity contribution in [1.29, 1.82) is 0 Å². The highest BCUT2D eigenvalue weighted by Gasteiger charge is 2.52. The van der Waals surface area contributed by atoms with Gasteiger partial charge in [0.05, 0.1) is 10.9 Å². The van der Waals surface area contributed by atoms with Crippen LogP contribution in [0.4, 0.5) is 14.6 Å². The van der Waals surface area contributed by atoms with E-state index in [1.807, 2.05) is 0 Å². The van der Waals surface area contributed by atoms with Gasteiger partial charge in [-0.2, -0.15) is 9.97 Å². The lowest BCUT2D eigenvalue weighted by Gasteiger charge is -2.47. The lowest BCUT2D eigenvalue weighted by Crippen LogP contribution is -2.73. The molecule has 4 atom stereocenters. The number of terminal acetylenes is 1. The lowest BCUT2D eigenvalue weighted by atomic mass is 9.95. The molecule has 5 saturated heterocycles. The van der Waals surface area contributed by atoms with Gasteiger partial charge in [-0.25, -0.2) is 17.2 Å². The number of hydrogen-bond donors (Lipinski definition) is 2. The molecule has 9 rings (SSSR count). The topological polar surface area (TPSA) is 121 Å². The second-order valence-corrected chi connectivity index (χ2v) is 14.4. The maximum Gasteiger partial charge on any atom is 0.319 e. The zero-order chi connectivity index (χ0) is 30.4. The number of ether oxygens (including phenoxy) is 1. The number of aromatic nitrogens is 3. The van der Waals surface area contributed by atoms with E-state index in [4.69, 9.17) is 11.2 Å². The number of phenols is 1. The van der Waals surface area contributed by atoms with Crippen molar-refractivity contribution in [1.82, 2.24) is 25.2 Å². The molecule has 5 fully saturated rings. The minimum Gasteiger partial charge on any atom is -0.508 e. The molecule has 0 amide bonds. The highest BCUT2D eigenvalue weighted by atomic mass is 32.2. The SMILES string of the molecule is C#Cc1cccc2cc(O)cc(-c3ncc4c(N5CC6NC(C5)S6(=O)=O)nc(OC[C@@]56CCCN5C[C@H](F)C6)nc4c3F)c12. The molecule has 0 aliphatic carbocycles. The van der Waals surface area contributed by atoms with Gasteiger partial charge in [-0.3, -0.25) is 15.2 Å². The molecule has 2 unspecified atom stereocenters. The van der Waals surface area contributed by atoms with Gasteiger partial charge in [0.25, 0.3) is 0 Å². The number of benzene rings is 2. The molecular formula is C31H28F2N6O4S. The summed E-state index contributed by atoms with van der Waals surface area (Å²) in [6.45, 7) is 1.50. The Balaban J connectivity index is 1.27. The summed E-state index contributed by atoms with van der Waals surface area (Å²) >= 11 is 0. The smallest absolute Gasteiger partial charge is 0.319 e. The molecule has 2 aromatic carbocycles. The Morgan fingerprint density at radius 3 is 2.80 bits per heavy atom. The summed E-state index contributed by atoms with van der Waals surface area (Å²) in [7, 11) is -3.29. The van der Waals surface area contributed by atoms with Crippen molar-refractivity contribution in [3.8, 4) is 35.4 Å². The molecule has 0 radical (unpaired) electrons. The normalized spacial score (nSPS) is 27.3. The summed E-state index contributed by atoms with van der Waals surface area (Å²) in [6, 6.07) is 8.13. The van der Waals surface area contributed by atoms with Crippen molar-refractivity contribution in [2.75, 3.05) is 37.7 Å². The number of rotatable bonds is 5. The fraction of sp³-hybridized carbons (Fsp3) is 0.387. The van der Waals surface area contributed by atoms with E-state index in [1.54, 1.807) is 29.2 Å². The maximum absolute atomic E-state index is 16.7. The van der Waals surface area contributed by atoms with Gasteiger partial charge in [0.2, 0.25) is 0 Å². The number of hydrogen-bond acceptors (Lipinski definition) is 10. The second-order valence-electron chi connectivity index (χ2n) is 12.1. The van der Waals surface area contributed by atoms with Crippen LogP contribution in [-0.4, -0.2) is 88.6 Å². The molecule has 2 N–H and O–H groups in total. The molecule has 5 aliphatic rings. The van der Waals surface area contributed by atoms with Crippen LogP contribution < -0.4 is 15.0 Å². The van der Waals surface area contributed by atoms with Gasteiger partial charge < -0.3 is 14.7 Å². The van der Waals surface area contributed by atoms with Crippen LogP contribution in [-0.2, 0) is 9.84 Å². The largest absolute Gasteiger partial charge is 0.508 e. The Hall–Kier alpha value is -4.12. The van der Waals surface area contributed by atoms with E-state index in [9.17, 15) is 17.9 Å². The molecule has 4 aromatic rings. The van der Waals surface area contributed by atoms with Crippen molar-refractivity contribution >= 4 is 37.3 Å². The number of anilines is 1. The van der Waals surface area contributed by atoms with Crippen molar-refractivity contribution in [2.24, 2.45) is 0 Å². The quantitative estimate of drug-likeness (QED) is 0.323. The second kappa shape index (κ2) is 9.69. The van der Waals surface area contributed by atoms with Gasteiger partial charge >= 0.3 is 6.01 Å². The number of nitrogens with zero attached hydrogens (tertiary/aromatic N) is 5. The maximum atomic E-state index is 16.7. The first-order valence-electron chi connectivity index (χ1n) is 14.5. The van der Waals surface area contributed by atoms with E-state index in [-0.39, 0.29) is 48.1 Å². The summed E-state index contributed by atoms with van der Waals surface area (Å²) in [5.74, 6) is 2.07. The number of fused-ring (bicyclic) bond motifs is 5. The fourth-order valence-corrected chi connectivity index (χ4v) is 9.02. The van der Waals surface area contributed by atoms with Crippen LogP contribution in [0.2, 0.25) is 0 Å². The zero-order valence-electron chi connectivity index (χ0n) is 23.5. The van der Waals surface area contributed by atoms with E-state index in [1.165, 1.54) is 12.3 Å². The van der Waals surface area contributed by atoms with Crippen LogP contribution in [0.25, 0.3) is 32.9 Å². The van der Waals surface area contributed by atoms with Crippen LogP contribution in [0.5, 0.6) is 11.8 Å². The third-order valence-electron chi connectivity index (χ3n) is 9.48. The van der Waals surface area contributed by atoms with E-state index in [2.05, 4.69) is 31.1 Å². The average molecular weight is 619 g/mol. The van der Waals surface area contributed by atoms with Crippen molar-refractivity contribution in [3.05, 3.63) is 47.9 Å². The number of piperazine rings is 1. The average Bonchev–Trinajstić information content (AvgIpc) is 3.55. The Bertz CT molecular complexity index is 2000. The number of phenolic OH excluding ortho intramolecular Hbond substituents is 1. The molecule has 0 saturated carbocycles. The molecule has 0 spiro atoms. The summed E-state index contributed by atoms with van der Waals surface area (Å²) in [4.78, 5) is 17.5. The molecule has 226 valence electrons. The molecule has 13 heteroatoms. The van der Waals surface area contributed by atoms with E-state index in [0.29, 0.717) is 40.7 Å². The van der Waals surface area contributed by atoms with Crippen LogP contribution in [0.1, 0.15) is 24.8 Å². The minimum absolute atomic E-state index is 0.0703. The Morgan fingerprint density at radius 2 is 2.02 bits per heavy atom. The number of nitrogens with one attached hydrogen (secondary N) is 1. The standard InChI is InChI=1S/C31H28F2N6O4S/c1-2-17-5-3-6-18-9-20(40)10-21(25(17)18)27-26(33)28-22(12-34-27)29(38-14-23-35-24(15-38)44(23,41)42)37-30(36-28)43-16-31-7-4-8-39(31)13-19(32)11-31/h1,3,5-6,9-10,12,19,23-24,35,40H,4,7-8,11,13-16H2/t19-,23?,24?,31+/m1/s1. The highest BCUT2D eigenvalue weighted by Crippen LogP contribution is 2.42. The molecule has 2 aromatic heterocycles. The molecule has 2 bridgehead atoms. The number of halogens is 2. The molecule has 7 heterocycles. The van der Waals surface area contributed by atoms with Gasteiger partial charge in [0.15, 0.2) is 15.7 Å². The first-order chi connectivity index (χ1) is 21.2. The van der Waals surface area contributed by atoms with E-state index in [0.717, 1.165) is 19.4 Å². The van der Waals surface area contributed by atoms with Crippen LogP contribution in [0, 0.1) is 18.2 Å². The predicted molar refractivity (Wildman–Crippen MR) is 160 cm³/mol. The minimum atomic E-state index is -3.29. The van der Waals surface area contributed by atoms with Gasteiger partial charge in [0, 0.05) is 48.8 Å². The molecule has 5 aliphatic heterocycles. The number of aromatic hydroxyl groups is 1.